The van der Waals surface area contributed by atoms with Gasteiger partial charge in [-0.3, -0.25) is 9.69 Å². The number of rotatable bonds is 11. The Morgan fingerprint density at radius 2 is 1.63 bits per heavy atom. The zero-order valence-corrected chi connectivity index (χ0v) is 22.7. The number of ether oxygens (including phenoxy) is 2. The summed E-state index contributed by atoms with van der Waals surface area (Å²) in [5, 5.41) is 0. The largest absolute Gasteiger partial charge is 0.454 e. The molecular weight excluding hydrogens is 533 g/mol. The molecular formula is C31H31F3N4O3. The Hall–Kier alpha value is -4.31. The average molecular weight is 565 g/mol. The summed E-state index contributed by atoms with van der Waals surface area (Å²) in [5.41, 5.74) is 7.30. The van der Waals surface area contributed by atoms with Crippen molar-refractivity contribution in [3.05, 3.63) is 101 Å². The number of nitrogens with zero attached hydrogens (tertiary/aromatic N) is 3. The summed E-state index contributed by atoms with van der Waals surface area (Å²) in [6.45, 7) is 3.19. The molecule has 1 amide bonds. The number of benzene rings is 3. The molecule has 4 aromatic rings. The highest BCUT2D eigenvalue weighted by Gasteiger charge is 2.39. The number of hydrogen-bond acceptors (Lipinski definition) is 5. The van der Waals surface area contributed by atoms with Crippen LogP contribution in [0.1, 0.15) is 52.6 Å². The fourth-order valence-electron chi connectivity index (χ4n) is 4.95. The Bertz CT molecular complexity index is 1500. The van der Waals surface area contributed by atoms with E-state index in [0.717, 1.165) is 17.5 Å². The van der Waals surface area contributed by atoms with Crippen molar-refractivity contribution < 1.29 is 27.4 Å². The van der Waals surface area contributed by atoms with Gasteiger partial charge in [0.15, 0.2) is 17.2 Å². The molecule has 1 aliphatic heterocycles. The maximum atomic E-state index is 14.5. The van der Waals surface area contributed by atoms with Gasteiger partial charge in [0.25, 0.3) is 0 Å². The molecule has 5 rings (SSSR count). The molecule has 0 fully saturated rings. The number of alkyl halides is 3. The van der Waals surface area contributed by atoms with Crippen LogP contribution in [0, 0.1) is 0 Å². The number of halogens is 3. The van der Waals surface area contributed by atoms with Crippen LogP contribution in [0.4, 0.5) is 13.2 Å². The van der Waals surface area contributed by atoms with Crippen molar-refractivity contribution >= 4 is 5.91 Å². The lowest BCUT2D eigenvalue weighted by Gasteiger charge is -2.25. The van der Waals surface area contributed by atoms with E-state index in [0.29, 0.717) is 54.5 Å². The monoisotopic (exact) mass is 564 g/mol. The predicted octanol–water partition coefficient (Wildman–Crippen LogP) is 6.40. The highest BCUT2D eigenvalue weighted by Crippen LogP contribution is 2.37. The second-order valence-electron chi connectivity index (χ2n) is 9.99. The lowest BCUT2D eigenvalue weighted by atomic mass is 10.1. The Kier molecular flexibility index (Phi) is 8.30. The van der Waals surface area contributed by atoms with Crippen molar-refractivity contribution in [1.29, 1.82) is 0 Å². The number of fused-ring (bicyclic) bond motifs is 1. The molecule has 0 aliphatic carbocycles. The fraction of sp³-hybridized carbons (Fsp3) is 0.290. The molecule has 0 spiro atoms. The Balaban J connectivity index is 1.56. The van der Waals surface area contributed by atoms with Gasteiger partial charge >= 0.3 is 6.18 Å². The van der Waals surface area contributed by atoms with E-state index in [4.69, 9.17) is 15.2 Å². The number of carbonyl (C=O) groups excluding carboxylic acids is 1. The van der Waals surface area contributed by atoms with Crippen LogP contribution in [0.15, 0.2) is 72.8 Å². The van der Waals surface area contributed by atoms with Crippen molar-refractivity contribution in [3.8, 4) is 22.9 Å². The summed E-state index contributed by atoms with van der Waals surface area (Å²) in [6, 6.07) is 21.3. The quantitative estimate of drug-likeness (QED) is 0.228. The minimum absolute atomic E-state index is 0.00952. The predicted molar refractivity (Wildman–Crippen MR) is 148 cm³/mol. The lowest BCUT2D eigenvalue weighted by Crippen LogP contribution is -2.26. The van der Waals surface area contributed by atoms with Gasteiger partial charge in [0, 0.05) is 37.3 Å². The van der Waals surface area contributed by atoms with E-state index in [-0.39, 0.29) is 19.0 Å². The van der Waals surface area contributed by atoms with Crippen molar-refractivity contribution in [2.45, 2.75) is 52.1 Å². The van der Waals surface area contributed by atoms with E-state index in [2.05, 4.69) is 4.98 Å². The Morgan fingerprint density at radius 1 is 0.951 bits per heavy atom. The molecule has 0 atom stereocenters. The van der Waals surface area contributed by atoms with Gasteiger partial charge in [0.2, 0.25) is 12.7 Å². The molecule has 214 valence electrons. The van der Waals surface area contributed by atoms with Gasteiger partial charge in [-0.2, -0.15) is 13.2 Å². The normalized spacial score (nSPS) is 12.7. The summed E-state index contributed by atoms with van der Waals surface area (Å²) in [7, 11) is 0. The molecule has 2 N–H and O–H groups in total. The van der Waals surface area contributed by atoms with Crippen molar-refractivity contribution in [3.63, 3.8) is 0 Å². The zero-order chi connectivity index (χ0) is 29.0. The minimum Gasteiger partial charge on any atom is -0.454 e. The zero-order valence-electron chi connectivity index (χ0n) is 22.7. The summed E-state index contributed by atoms with van der Waals surface area (Å²) in [6.07, 6.45) is -3.11. The summed E-state index contributed by atoms with van der Waals surface area (Å²) in [5.74, 6) is 0.988. The van der Waals surface area contributed by atoms with Crippen molar-refractivity contribution in [1.82, 2.24) is 14.5 Å². The van der Waals surface area contributed by atoms with E-state index in [1.54, 1.807) is 59.2 Å². The maximum Gasteiger partial charge on any atom is 0.435 e. The summed E-state index contributed by atoms with van der Waals surface area (Å²) in [4.78, 5) is 17.7. The van der Waals surface area contributed by atoms with Crippen LogP contribution in [0.5, 0.6) is 11.5 Å². The highest BCUT2D eigenvalue weighted by molar-refractivity contribution is 5.92. The van der Waals surface area contributed by atoms with E-state index in [9.17, 15) is 18.0 Å². The van der Waals surface area contributed by atoms with Gasteiger partial charge < -0.3 is 19.8 Å². The lowest BCUT2D eigenvalue weighted by molar-refractivity contribution is -0.141. The van der Waals surface area contributed by atoms with Crippen LogP contribution in [0.3, 0.4) is 0 Å². The second-order valence-corrected chi connectivity index (χ2v) is 9.99. The summed E-state index contributed by atoms with van der Waals surface area (Å²) < 4.78 is 56.1. The first-order valence-corrected chi connectivity index (χ1v) is 13.4. The molecule has 1 aromatic heterocycles. The van der Waals surface area contributed by atoms with Gasteiger partial charge in [0.05, 0.1) is 5.69 Å². The molecule has 41 heavy (non-hydrogen) atoms. The number of imidazole rings is 1. The van der Waals surface area contributed by atoms with E-state index >= 15 is 0 Å². The first kappa shape index (κ1) is 28.2. The Labute approximate surface area is 236 Å². The third kappa shape index (κ3) is 6.54. The van der Waals surface area contributed by atoms with Crippen molar-refractivity contribution in [2.75, 3.05) is 6.79 Å². The van der Waals surface area contributed by atoms with Gasteiger partial charge in [0.1, 0.15) is 5.82 Å². The second kappa shape index (κ2) is 12.1. The van der Waals surface area contributed by atoms with Gasteiger partial charge in [-0.05, 0) is 41.8 Å². The molecule has 0 radical (unpaired) electrons. The number of amides is 1. The molecule has 1 aliphatic rings. The third-order valence-electron chi connectivity index (χ3n) is 6.97. The molecule has 0 saturated carbocycles. The molecule has 10 heteroatoms. The van der Waals surface area contributed by atoms with Crippen LogP contribution in [0.2, 0.25) is 0 Å². The van der Waals surface area contributed by atoms with E-state index in [1.807, 2.05) is 30.0 Å². The van der Waals surface area contributed by atoms with Crippen molar-refractivity contribution in [2.24, 2.45) is 5.73 Å². The number of aromatic nitrogens is 2. The molecule has 2 heterocycles. The van der Waals surface area contributed by atoms with Gasteiger partial charge in [-0.25, -0.2) is 4.98 Å². The smallest absolute Gasteiger partial charge is 0.435 e. The SMILES string of the molecule is CCCCn1c(-c2ccccc2)nc(C(F)(F)F)c1CN(Cc1ccc(C(N)=O)cc1)Cc1ccc2c(c1)OCO2. The first-order valence-electron chi connectivity index (χ1n) is 13.4. The number of hydrogen-bond donors (Lipinski definition) is 1. The highest BCUT2D eigenvalue weighted by atomic mass is 19.4. The van der Waals surface area contributed by atoms with Crippen LogP contribution < -0.4 is 15.2 Å². The first-order chi connectivity index (χ1) is 19.7. The number of carbonyl (C=O) groups is 1. The number of primary amides is 1. The van der Waals surface area contributed by atoms with Gasteiger partial charge in [-0.1, -0.05) is 61.9 Å². The third-order valence-corrected chi connectivity index (χ3v) is 6.97. The Morgan fingerprint density at radius 3 is 2.32 bits per heavy atom. The number of unbranched alkanes of at least 4 members (excludes halogenated alkanes) is 1. The van der Waals surface area contributed by atoms with Crippen LogP contribution >= 0.6 is 0 Å². The summed E-state index contributed by atoms with van der Waals surface area (Å²) >= 11 is 0. The molecule has 0 saturated heterocycles. The fourth-order valence-corrected chi connectivity index (χ4v) is 4.95. The van der Waals surface area contributed by atoms with E-state index < -0.39 is 17.8 Å². The van der Waals surface area contributed by atoms with Crippen LogP contribution in [-0.4, -0.2) is 27.2 Å². The molecule has 3 aromatic carbocycles. The van der Waals surface area contributed by atoms with E-state index in [1.165, 1.54) is 0 Å². The standard InChI is InChI=1S/C31H31F3N4O3/c1-2-3-15-38-25(28(31(32,33)34)36-30(38)24-7-5-4-6-8-24)19-37(17-21-9-12-23(13-10-21)29(35)39)18-22-11-14-26-27(16-22)41-20-40-26/h4-14,16H,2-3,15,17-20H2,1H3,(H2,35,39). The molecule has 0 unspecified atom stereocenters. The topological polar surface area (TPSA) is 82.6 Å². The van der Waals surface area contributed by atoms with Crippen LogP contribution in [0.25, 0.3) is 11.4 Å². The molecule has 7 nitrogen and oxygen atoms in total. The maximum absolute atomic E-state index is 14.5. The number of nitrogens with two attached hydrogens (primary N) is 1. The molecule has 0 bridgehead atoms. The minimum atomic E-state index is -4.64. The van der Waals surface area contributed by atoms with Gasteiger partial charge in [-0.15, -0.1) is 0 Å². The average Bonchev–Trinajstić information content (AvgIpc) is 3.57. The van der Waals surface area contributed by atoms with Crippen LogP contribution in [-0.2, 0) is 32.4 Å².